The first-order valence-electron chi connectivity index (χ1n) is 2.83. The van der Waals surface area contributed by atoms with Crippen LogP contribution in [0, 0.1) is 0 Å². The van der Waals surface area contributed by atoms with E-state index in [0.717, 1.165) is 0 Å². The van der Waals surface area contributed by atoms with Crippen molar-refractivity contribution in [2.45, 2.75) is 0 Å². The molecule has 0 radical (unpaired) electrons. The van der Waals surface area contributed by atoms with E-state index in [2.05, 4.69) is 0 Å². The predicted molar refractivity (Wildman–Crippen MR) is 45.1 cm³/mol. The fourth-order valence-electron chi connectivity index (χ4n) is 0.688. The van der Waals surface area contributed by atoms with E-state index in [9.17, 15) is 4.79 Å². The van der Waals surface area contributed by atoms with Gasteiger partial charge in [-0.15, -0.1) is 0 Å². The molecule has 0 unspecified atom stereocenters. The molecule has 0 aliphatic carbocycles. The van der Waals surface area contributed by atoms with Gasteiger partial charge < -0.3 is 16.4 Å². The first-order chi connectivity index (χ1) is 5.13. The maximum absolute atomic E-state index is 10.4. The molecule has 1 rings (SSSR count). The largest absolute Gasteiger partial charge is 0.505 e. The number of aromatic hydroxyl groups is 1. The van der Waals surface area contributed by atoms with Crippen molar-refractivity contribution < 1.29 is 15.0 Å². The summed E-state index contributed by atoms with van der Waals surface area (Å²) in [6.07, 6.45) is 0. The zero-order valence-corrected chi connectivity index (χ0v) is 6.88. The number of halogens is 1. The fourth-order valence-corrected chi connectivity index (χ4v) is 0.862. The van der Waals surface area contributed by atoms with Gasteiger partial charge in [0.2, 0.25) is 0 Å². The average Bonchev–Trinajstić information content (AvgIpc) is 1.94. The van der Waals surface area contributed by atoms with Crippen LogP contribution in [0.1, 0.15) is 10.4 Å². The molecule has 0 fully saturated rings. The average molecular weight is 190 g/mol. The number of rotatable bonds is 1. The summed E-state index contributed by atoms with van der Waals surface area (Å²) >= 11 is 5.44. The third-order valence-corrected chi connectivity index (χ3v) is 1.52. The van der Waals surface area contributed by atoms with Crippen LogP contribution in [0.3, 0.4) is 0 Å². The van der Waals surface area contributed by atoms with Gasteiger partial charge in [-0.1, -0.05) is 17.7 Å². The fraction of sp³-hybridized carbons (Fsp3) is 0. The van der Waals surface area contributed by atoms with Crippen LogP contribution in [0.15, 0.2) is 18.2 Å². The maximum atomic E-state index is 10.4. The number of carboxylic acids is 1. The van der Waals surface area contributed by atoms with Crippen LogP contribution in [-0.2, 0) is 0 Å². The van der Waals surface area contributed by atoms with Gasteiger partial charge in [0.15, 0.2) is 0 Å². The van der Waals surface area contributed by atoms with Crippen molar-refractivity contribution in [1.82, 2.24) is 6.15 Å². The molecule has 5 N–H and O–H groups in total. The second kappa shape index (κ2) is 3.94. The zero-order valence-electron chi connectivity index (χ0n) is 6.12. The summed E-state index contributed by atoms with van der Waals surface area (Å²) in [6, 6.07) is 4.17. The van der Waals surface area contributed by atoms with E-state index in [1.807, 2.05) is 0 Å². The highest BCUT2D eigenvalue weighted by atomic mass is 35.5. The topological polar surface area (TPSA) is 92.5 Å². The Morgan fingerprint density at radius 2 is 2.00 bits per heavy atom. The summed E-state index contributed by atoms with van der Waals surface area (Å²) < 4.78 is 0. The number of aromatic carboxylic acids is 1. The van der Waals surface area contributed by atoms with E-state index in [1.54, 1.807) is 0 Å². The summed E-state index contributed by atoms with van der Waals surface area (Å²) in [4.78, 5) is 10.4. The molecule has 1 aromatic carbocycles. The summed E-state index contributed by atoms with van der Waals surface area (Å²) in [5, 5.41) is 17.6. The van der Waals surface area contributed by atoms with Crippen molar-refractivity contribution in [1.29, 1.82) is 0 Å². The highest BCUT2D eigenvalue weighted by Gasteiger charge is 2.10. The Morgan fingerprint density at radius 1 is 1.42 bits per heavy atom. The van der Waals surface area contributed by atoms with E-state index in [1.165, 1.54) is 18.2 Å². The number of phenols is 1. The van der Waals surface area contributed by atoms with Crippen LogP contribution in [-0.4, -0.2) is 16.2 Å². The third kappa shape index (κ3) is 1.87. The van der Waals surface area contributed by atoms with Gasteiger partial charge >= 0.3 is 5.97 Å². The second-order valence-corrected chi connectivity index (χ2v) is 2.35. The van der Waals surface area contributed by atoms with Crippen LogP contribution >= 0.6 is 11.6 Å². The van der Waals surface area contributed by atoms with E-state index in [-0.39, 0.29) is 22.5 Å². The Balaban J connectivity index is 0.00000121. The molecule has 5 heteroatoms. The molecule has 12 heavy (non-hydrogen) atoms. The SMILES string of the molecule is N.O=C(O)c1cccc(Cl)c1O. The van der Waals surface area contributed by atoms with Gasteiger partial charge in [0.05, 0.1) is 5.02 Å². The number of carbonyl (C=O) groups is 1. The molecule has 0 atom stereocenters. The Bertz CT molecular complexity index is 301. The van der Waals surface area contributed by atoms with E-state index in [4.69, 9.17) is 21.8 Å². The molecular weight excluding hydrogens is 182 g/mol. The second-order valence-electron chi connectivity index (χ2n) is 1.94. The van der Waals surface area contributed by atoms with Crippen molar-refractivity contribution in [3.8, 4) is 5.75 Å². The molecule has 0 aromatic heterocycles. The lowest BCUT2D eigenvalue weighted by Crippen LogP contribution is -1.95. The van der Waals surface area contributed by atoms with Gasteiger partial charge in [0.1, 0.15) is 11.3 Å². The van der Waals surface area contributed by atoms with Crippen LogP contribution in [0.25, 0.3) is 0 Å². The normalized spacial score (nSPS) is 8.75. The van der Waals surface area contributed by atoms with Crippen molar-refractivity contribution in [2.75, 3.05) is 0 Å². The van der Waals surface area contributed by atoms with Gasteiger partial charge in [-0.25, -0.2) is 4.79 Å². The van der Waals surface area contributed by atoms with Crippen molar-refractivity contribution in [3.63, 3.8) is 0 Å². The Kier molecular flexibility index (Phi) is 3.53. The van der Waals surface area contributed by atoms with Gasteiger partial charge in [-0.05, 0) is 12.1 Å². The van der Waals surface area contributed by atoms with Crippen LogP contribution in [0.5, 0.6) is 5.75 Å². The van der Waals surface area contributed by atoms with E-state index in [0.29, 0.717) is 0 Å². The van der Waals surface area contributed by atoms with E-state index >= 15 is 0 Å². The molecule has 0 saturated carbocycles. The molecular formula is C7H8ClNO3. The standard InChI is InChI=1S/C7H5ClO3.H3N/c8-5-3-1-2-4(6(5)9)7(10)11;/h1-3,9H,(H,10,11);1H3. The lowest BCUT2D eigenvalue weighted by atomic mass is 10.2. The van der Waals surface area contributed by atoms with Crippen molar-refractivity contribution in [2.24, 2.45) is 0 Å². The van der Waals surface area contributed by atoms with Gasteiger partial charge in [0.25, 0.3) is 0 Å². The van der Waals surface area contributed by atoms with E-state index < -0.39 is 5.97 Å². The molecule has 0 heterocycles. The lowest BCUT2D eigenvalue weighted by molar-refractivity contribution is 0.0694. The molecule has 0 bridgehead atoms. The van der Waals surface area contributed by atoms with Gasteiger partial charge in [-0.2, -0.15) is 0 Å². The van der Waals surface area contributed by atoms with Crippen molar-refractivity contribution >= 4 is 17.6 Å². The molecule has 0 spiro atoms. The minimum absolute atomic E-state index is 0. The van der Waals surface area contributed by atoms with Crippen molar-refractivity contribution in [3.05, 3.63) is 28.8 Å². The molecule has 1 aromatic rings. The number of hydrogen-bond donors (Lipinski definition) is 3. The smallest absolute Gasteiger partial charge is 0.339 e. The monoisotopic (exact) mass is 189 g/mol. The first-order valence-corrected chi connectivity index (χ1v) is 3.21. The van der Waals surface area contributed by atoms with Crippen LogP contribution in [0.2, 0.25) is 5.02 Å². The highest BCUT2D eigenvalue weighted by Crippen LogP contribution is 2.26. The summed E-state index contributed by atoms with van der Waals surface area (Å²) in [6.45, 7) is 0. The number of para-hydroxylation sites is 1. The van der Waals surface area contributed by atoms with Gasteiger partial charge in [-0.3, -0.25) is 0 Å². The quantitative estimate of drug-likeness (QED) is 0.629. The molecule has 0 aliphatic heterocycles. The molecule has 66 valence electrons. The van der Waals surface area contributed by atoms with Gasteiger partial charge in [0, 0.05) is 0 Å². The highest BCUT2D eigenvalue weighted by molar-refractivity contribution is 6.32. The molecule has 0 saturated heterocycles. The Hall–Kier alpha value is -1.26. The van der Waals surface area contributed by atoms with Crippen LogP contribution < -0.4 is 6.15 Å². The Morgan fingerprint density at radius 3 is 2.42 bits per heavy atom. The maximum Gasteiger partial charge on any atom is 0.339 e. The number of carboxylic acid groups (broad SMARTS) is 1. The molecule has 4 nitrogen and oxygen atoms in total. The predicted octanol–water partition coefficient (Wildman–Crippen LogP) is 1.91. The van der Waals surface area contributed by atoms with Crippen LogP contribution in [0.4, 0.5) is 0 Å². The minimum atomic E-state index is -1.19. The minimum Gasteiger partial charge on any atom is -0.505 e. The first kappa shape index (κ1) is 10.7. The lowest BCUT2D eigenvalue weighted by Gasteiger charge is -1.99. The molecule has 0 amide bonds. The summed E-state index contributed by atoms with van der Waals surface area (Å²) in [7, 11) is 0. The number of hydrogen-bond acceptors (Lipinski definition) is 3. The molecule has 0 aliphatic rings. The summed E-state index contributed by atoms with van der Waals surface area (Å²) in [5.41, 5.74) is -0.183. The zero-order chi connectivity index (χ0) is 8.43. The summed E-state index contributed by atoms with van der Waals surface area (Å²) in [5.74, 6) is -1.58. The number of benzene rings is 1. The third-order valence-electron chi connectivity index (χ3n) is 1.22. The Labute approximate surface area is 74.0 Å².